The summed E-state index contributed by atoms with van der Waals surface area (Å²) >= 11 is 0. The minimum atomic E-state index is -3.21. The lowest BCUT2D eigenvalue weighted by atomic mass is 9.86. The molecule has 0 aromatic rings. The minimum Gasteiger partial charge on any atom is -0.370 e. The highest BCUT2D eigenvalue weighted by molar-refractivity contribution is 7.89. The molecule has 3 N–H and O–H groups in total. The second-order valence-corrected chi connectivity index (χ2v) is 7.68. The molecule has 2 aliphatic rings. The molecule has 6 nitrogen and oxygen atoms in total. The first-order valence-electron chi connectivity index (χ1n) is 7.59. The van der Waals surface area contributed by atoms with E-state index in [0.717, 1.165) is 38.8 Å². The number of aliphatic imine (C=N–C) groups is 1. The van der Waals surface area contributed by atoms with Crippen molar-refractivity contribution in [3.8, 4) is 0 Å². The second kappa shape index (κ2) is 7.26. The number of hydrogen-bond acceptors (Lipinski definition) is 3. The molecule has 1 saturated heterocycles. The van der Waals surface area contributed by atoms with Crippen molar-refractivity contribution in [2.24, 2.45) is 16.6 Å². The standard InChI is InChI=1S/C13H26N4O2S/c14-13(17-8-2-1-3-9-17)15-7-10-20(18,19)16-11-12-5-4-6-12/h12,16H,1-11H2,(H2,14,15). The van der Waals surface area contributed by atoms with Crippen LogP contribution < -0.4 is 10.5 Å². The highest BCUT2D eigenvalue weighted by Crippen LogP contribution is 2.25. The van der Waals surface area contributed by atoms with E-state index >= 15 is 0 Å². The van der Waals surface area contributed by atoms with Gasteiger partial charge < -0.3 is 10.6 Å². The number of nitrogens with zero attached hydrogens (tertiary/aromatic N) is 2. The van der Waals surface area contributed by atoms with Crippen LogP contribution >= 0.6 is 0 Å². The predicted octanol–water partition coefficient (Wildman–Crippen LogP) is 0.507. The van der Waals surface area contributed by atoms with Crippen LogP contribution in [-0.2, 0) is 10.0 Å². The van der Waals surface area contributed by atoms with Crippen molar-refractivity contribution >= 4 is 16.0 Å². The first-order valence-corrected chi connectivity index (χ1v) is 9.24. The largest absolute Gasteiger partial charge is 0.370 e. The van der Waals surface area contributed by atoms with Crippen LogP contribution in [0, 0.1) is 5.92 Å². The van der Waals surface area contributed by atoms with Crippen molar-refractivity contribution in [3.63, 3.8) is 0 Å². The Kier molecular flexibility index (Phi) is 5.65. The van der Waals surface area contributed by atoms with Gasteiger partial charge in [-0.3, -0.25) is 4.99 Å². The lowest BCUT2D eigenvalue weighted by Gasteiger charge is -2.27. The van der Waals surface area contributed by atoms with Gasteiger partial charge in [-0.2, -0.15) is 0 Å². The Morgan fingerprint density at radius 2 is 1.90 bits per heavy atom. The second-order valence-electron chi connectivity index (χ2n) is 5.75. The van der Waals surface area contributed by atoms with Crippen LogP contribution in [0.1, 0.15) is 38.5 Å². The van der Waals surface area contributed by atoms with Gasteiger partial charge in [0.1, 0.15) is 0 Å². The van der Waals surface area contributed by atoms with Crippen LogP contribution in [0.2, 0.25) is 0 Å². The van der Waals surface area contributed by atoms with Crippen molar-refractivity contribution in [2.45, 2.75) is 38.5 Å². The summed E-state index contributed by atoms with van der Waals surface area (Å²) in [5, 5.41) is 0. The molecule has 2 rings (SSSR count). The van der Waals surface area contributed by atoms with E-state index in [0.29, 0.717) is 18.4 Å². The smallest absolute Gasteiger partial charge is 0.213 e. The number of hydrogen-bond donors (Lipinski definition) is 2. The molecule has 1 saturated carbocycles. The first-order chi connectivity index (χ1) is 9.57. The zero-order valence-corrected chi connectivity index (χ0v) is 12.9. The quantitative estimate of drug-likeness (QED) is 0.553. The lowest BCUT2D eigenvalue weighted by molar-refractivity contribution is 0.316. The van der Waals surface area contributed by atoms with Gasteiger partial charge in [-0.25, -0.2) is 13.1 Å². The summed E-state index contributed by atoms with van der Waals surface area (Å²) < 4.78 is 26.3. The Balaban J connectivity index is 1.69. The number of guanidine groups is 1. The van der Waals surface area contributed by atoms with Gasteiger partial charge in [0, 0.05) is 19.6 Å². The minimum absolute atomic E-state index is 0.0221. The molecular formula is C13H26N4O2S. The molecular weight excluding hydrogens is 276 g/mol. The van der Waals surface area contributed by atoms with E-state index in [4.69, 9.17) is 5.73 Å². The number of sulfonamides is 1. The maximum atomic E-state index is 11.8. The summed E-state index contributed by atoms with van der Waals surface area (Å²) in [6.07, 6.45) is 7.02. The van der Waals surface area contributed by atoms with Gasteiger partial charge in [0.25, 0.3) is 0 Å². The first kappa shape index (κ1) is 15.6. The Bertz CT molecular complexity index is 426. The van der Waals surface area contributed by atoms with Crippen LogP contribution in [0.4, 0.5) is 0 Å². The number of piperidine rings is 1. The molecule has 0 aromatic carbocycles. The number of nitrogens with two attached hydrogens (primary N) is 1. The average Bonchev–Trinajstić information content (AvgIpc) is 2.37. The molecule has 0 unspecified atom stereocenters. The van der Waals surface area contributed by atoms with E-state index in [2.05, 4.69) is 9.71 Å². The lowest BCUT2D eigenvalue weighted by Crippen LogP contribution is -2.41. The highest BCUT2D eigenvalue weighted by Gasteiger charge is 2.20. The van der Waals surface area contributed by atoms with E-state index in [1.165, 1.54) is 12.8 Å². The van der Waals surface area contributed by atoms with Crippen molar-refractivity contribution < 1.29 is 8.42 Å². The molecule has 0 radical (unpaired) electrons. The Labute approximate surface area is 121 Å². The Morgan fingerprint density at radius 1 is 1.20 bits per heavy atom. The van der Waals surface area contributed by atoms with E-state index < -0.39 is 10.0 Å². The third-order valence-corrected chi connectivity index (χ3v) is 5.46. The maximum absolute atomic E-state index is 11.8. The normalized spacial score (nSPS) is 21.8. The fraction of sp³-hybridized carbons (Fsp3) is 0.923. The van der Waals surface area contributed by atoms with Gasteiger partial charge in [0.15, 0.2) is 5.96 Å². The van der Waals surface area contributed by atoms with Crippen molar-refractivity contribution in [1.29, 1.82) is 0 Å². The van der Waals surface area contributed by atoms with Gasteiger partial charge in [0.2, 0.25) is 10.0 Å². The summed E-state index contributed by atoms with van der Waals surface area (Å²) in [5.41, 5.74) is 5.89. The Hall–Kier alpha value is -0.820. The summed E-state index contributed by atoms with van der Waals surface area (Å²) in [6, 6.07) is 0. The molecule has 1 aliphatic heterocycles. The molecule has 0 bridgehead atoms. The van der Waals surface area contributed by atoms with Crippen LogP contribution in [-0.4, -0.2) is 51.2 Å². The predicted molar refractivity (Wildman–Crippen MR) is 81.0 cm³/mol. The molecule has 0 amide bonds. The summed E-state index contributed by atoms with van der Waals surface area (Å²) in [6.45, 7) is 2.68. The fourth-order valence-electron chi connectivity index (χ4n) is 2.52. The Morgan fingerprint density at radius 3 is 2.50 bits per heavy atom. The fourth-order valence-corrected chi connectivity index (χ4v) is 3.48. The van der Waals surface area contributed by atoms with Crippen LogP contribution in [0.25, 0.3) is 0 Å². The van der Waals surface area contributed by atoms with Crippen LogP contribution in [0.15, 0.2) is 4.99 Å². The summed E-state index contributed by atoms with van der Waals surface area (Å²) in [7, 11) is -3.21. The zero-order chi connectivity index (χ0) is 14.4. The average molecular weight is 302 g/mol. The molecule has 0 spiro atoms. The third-order valence-electron chi connectivity index (χ3n) is 4.13. The monoisotopic (exact) mass is 302 g/mol. The van der Waals surface area contributed by atoms with E-state index in [9.17, 15) is 8.42 Å². The van der Waals surface area contributed by atoms with E-state index in [1.807, 2.05) is 4.90 Å². The van der Waals surface area contributed by atoms with E-state index in [1.54, 1.807) is 0 Å². The third kappa shape index (κ3) is 4.94. The maximum Gasteiger partial charge on any atom is 0.213 e. The SMILES string of the molecule is NC(=NCCS(=O)(=O)NCC1CCC1)N1CCCCC1. The molecule has 7 heteroatoms. The van der Waals surface area contributed by atoms with Gasteiger partial charge >= 0.3 is 0 Å². The topological polar surface area (TPSA) is 87.8 Å². The molecule has 1 aliphatic carbocycles. The molecule has 2 fully saturated rings. The van der Waals surface area contributed by atoms with Gasteiger partial charge in [-0.05, 0) is 38.0 Å². The van der Waals surface area contributed by atoms with Crippen LogP contribution in [0.3, 0.4) is 0 Å². The molecule has 116 valence electrons. The van der Waals surface area contributed by atoms with E-state index in [-0.39, 0.29) is 12.3 Å². The number of rotatable bonds is 6. The van der Waals surface area contributed by atoms with Gasteiger partial charge in [-0.15, -0.1) is 0 Å². The van der Waals surface area contributed by atoms with Crippen molar-refractivity contribution in [1.82, 2.24) is 9.62 Å². The van der Waals surface area contributed by atoms with Gasteiger partial charge in [0.05, 0.1) is 12.3 Å². The molecule has 20 heavy (non-hydrogen) atoms. The zero-order valence-electron chi connectivity index (χ0n) is 12.1. The van der Waals surface area contributed by atoms with Gasteiger partial charge in [-0.1, -0.05) is 6.42 Å². The summed E-state index contributed by atoms with van der Waals surface area (Å²) in [4.78, 5) is 6.24. The van der Waals surface area contributed by atoms with Crippen molar-refractivity contribution in [3.05, 3.63) is 0 Å². The molecule has 1 heterocycles. The van der Waals surface area contributed by atoms with Crippen LogP contribution in [0.5, 0.6) is 0 Å². The number of likely N-dealkylation sites (tertiary alicyclic amines) is 1. The molecule has 0 atom stereocenters. The highest BCUT2D eigenvalue weighted by atomic mass is 32.2. The molecule has 0 aromatic heterocycles. The summed E-state index contributed by atoms with van der Waals surface area (Å²) in [5.74, 6) is 1.04. The number of nitrogens with one attached hydrogen (secondary N) is 1. The van der Waals surface area contributed by atoms with Crippen molar-refractivity contribution in [2.75, 3.05) is 31.9 Å².